The Morgan fingerprint density at radius 1 is 1.47 bits per heavy atom. The van der Waals surface area contributed by atoms with Crippen LogP contribution in [0.15, 0.2) is 17.0 Å². The second kappa shape index (κ2) is 4.51. The predicted octanol–water partition coefficient (Wildman–Crippen LogP) is 0.913. The Kier molecular flexibility index (Phi) is 3.37. The van der Waals surface area contributed by atoms with Crippen LogP contribution in [0.25, 0.3) is 0 Å². The van der Waals surface area contributed by atoms with Crippen molar-refractivity contribution < 1.29 is 13.2 Å². The quantitative estimate of drug-likeness (QED) is 0.590. The molecule has 0 aromatic carbocycles. The summed E-state index contributed by atoms with van der Waals surface area (Å²) in [4.78, 5) is 20.7. The van der Waals surface area contributed by atoms with Gasteiger partial charge in [-0.3, -0.25) is 9.69 Å². The lowest BCUT2D eigenvalue weighted by Crippen LogP contribution is -2.27. The molecule has 1 saturated heterocycles. The van der Waals surface area contributed by atoms with E-state index in [-0.39, 0.29) is 18.9 Å². The fourth-order valence-electron chi connectivity index (χ4n) is 1.56. The average Bonchev–Trinajstić information content (AvgIpc) is 2.60. The Morgan fingerprint density at radius 2 is 2.18 bits per heavy atom. The van der Waals surface area contributed by atoms with Crippen molar-refractivity contribution in [1.82, 2.24) is 9.97 Å². The zero-order valence-corrected chi connectivity index (χ0v) is 11.5. The van der Waals surface area contributed by atoms with Gasteiger partial charge in [0, 0.05) is 29.7 Å². The number of carbonyl (C=O) groups is 1. The summed E-state index contributed by atoms with van der Waals surface area (Å²) in [6.45, 7) is 0.0219. The summed E-state index contributed by atoms with van der Waals surface area (Å²) in [6, 6.07) is 1.54. The van der Waals surface area contributed by atoms with Crippen LogP contribution in [0.2, 0.25) is 0 Å². The van der Waals surface area contributed by atoms with Crippen molar-refractivity contribution >= 4 is 47.4 Å². The lowest BCUT2D eigenvalue weighted by Gasteiger charge is -2.14. The van der Waals surface area contributed by atoms with Crippen molar-refractivity contribution in [1.29, 1.82) is 0 Å². The van der Waals surface area contributed by atoms with Crippen LogP contribution in [0.1, 0.15) is 6.42 Å². The number of hydrogen-bond acceptors (Lipinski definition) is 5. The third kappa shape index (κ3) is 2.75. The summed E-state index contributed by atoms with van der Waals surface area (Å²) in [5.74, 6) is 0.0458. The molecular formula is C8H7BrClN3O3S. The predicted molar refractivity (Wildman–Crippen MR) is 65.3 cm³/mol. The van der Waals surface area contributed by atoms with Crippen LogP contribution < -0.4 is 4.90 Å². The molecule has 1 unspecified atom stereocenters. The first-order valence-corrected chi connectivity index (χ1v) is 7.76. The van der Waals surface area contributed by atoms with Gasteiger partial charge >= 0.3 is 0 Å². The van der Waals surface area contributed by atoms with Gasteiger partial charge in [-0.15, -0.1) is 0 Å². The summed E-state index contributed by atoms with van der Waals surface area (Å²) < 4.78 is 22.9. The summed E-state index contributed by atoms with van der Waals surface area (Å²) in [7, 11) is 1.51. The Bertz CT molecular complexity index is 565. The summed E-state index contributed by atoms with van der Waals surface area (Å²) in [5, 5.41) is -0.884. The lowest BCUT2D eigenvalue weighted by molar-refractivity contribution is -0.117. The normalized spacial score (nSPS) is 20.9. The third-order valence-electron chi connectivity index (χ3n) is 2.38. The molecule has 1 aromatic rings. The molecule has 0 spiro atoms. The highest BCUT2D eigenvalue weighted by Gasteiger charge is 2.38. The van der Waals surface area contributed by atoms with Gasteiger partial charge in [0.25, 0.3) is 0 Å². The van der Waals surface area contributed by atoms with E-state index in [0.29, 0.717) is 10.4 Å². The highest BCUT2D eigenvalue weighted by atomic mass is 79.9. The van der Waals surface area contributed by atoms with E-state index in [4.69, 9.17) is 10.7 Å². The number of hydrogen-bond donors (Lipinski definition) is 0. The van der Waals surface area contributed by atoms with Crippen LogP contribution in [-0.2, 0) is 13.8 Å². The minimum absolute atomic E-state index is 0.0219. The maximum absolute atomic E-state index is 11.7. The maximum atomic E-state index is 11.7. The van der Waals surface area contributed by atoms with E-state index in [1.165, 1.54) is 11.2 Å². The molecule has 0 bridgehead atoms. The molecule has 0 radical (unpaired) electrons. The molecule has 1 atom stereocenters. The Labute approximate surface area is 111 Å². The molecule has 2 rings (SSSR count). The molecule has 0 aliphatic carbocycles. The van der Waals surface area contributed by atoms with Gasteiger partial charge < -0.3 is 0 Å². The Morgan fingerprint density at radius 3 is 2.71 bits per heavy atom. The molecule has 1 aromatic heterocycles. The number of anilines is 1. The fraction of sp³-hybridized carbons (Fsp3) is 0.375. The Hall–Kier alpha value is -0.730. The standard InChI is InChI=1S/C8H7BrClN3O3S/c9-6-2-7(12-4-11-6)13-3-5(1-8(13)14)17(10,15)16/h2,4-5H,1,3H2. The van der Waals surface area contributed by atoms with Gasteiger partial charge in [-0.2, -0.15) is 0 Å². The monoisotopic (exact) mass is 339 g/mol. The number of aromatic nitrogens is 2. The van der Waals surface area contributed by atoms with Crippen molar-refractivity contribution in [3.05, 3.63) is 17.0 Å². The largest absolute Gasteiger partial charge is 0.295 e. The third-order valence-corrected chi connectivity index (χ3v) is 4.69. The second-order valence-electron chi connectivity index (χ2n) is 3.50. The number of rotatable bonds is 2. The van der Waals surface area contributed by atoms with Gasteiger partial charge in [-0.05, 0) is 15.9 Å². The minimum Gasteiger partial charge on any atom is -0.295 e. The van der Waals surface area contributed by atoms with Crippen LogP contribution in [-0.4, -0.2) is 36.1 Å². The van der Waals surface area contributed by atoms with Crippen LogP contribution >= 0.6 is 26.6 Å². The van der Waals surface area contributed by atoms with Gasteiger partial charge in [0.05, 0.1) is 0 Å². The van der Waals surface area contributed by atoms with E-state index in [1.54, 1.807) is 6.07 Å². The molecule has 92 valence electrons. The van der Waals surface area contributed by atoms with Gasteiger partial charge in [0.1, 0.15) is 22.0 Å². The smallest absolute Gasteiger partial charge is 0.237 e. The summed E-state index contributed by atoms with van der Waals surface area (Å²) in [5.41, 5.74) is 0. The van der Waals surface area contributed by atoms with Crippen molar-refractivity contribution in [2.45, 2.75) is 11.7 Å². The second-order valence-corrected chi connectivity index (χ2v) is 7.23. The first-order valence-electron chi connectivity index (χ1n) is 4.59. The topological polar surface area (TPSA) is 80.2 Å². The van der Waals surface area contributed by atoms with Crippen LogP contribution in [0.3, 0.4) is 0 Å². The molecule has 1 aliphatic rings. The van der Waals surface area contributed by atoms with Crippen LogP contribution in [0.5, 0.6) is 0 Å². The summed E-state index contributed by atoms with van der Waals surface area (Å²) >= 11 is 3.15. The molecule has 17 heavy (non-hydrogen) atoms. The maximum Gasteiger partial charge on any atom is 0.237 e. The number of amides is 1. The number of halogens is 2. The zero-order chi connectivity index (χ0) is 12.6. The molecule has 9 heteroatoms. The molecule has 6 nitrogen and oxygen atoms in total. The minimum atomic E-state index is -3.73. The van der Waals surface area contributed by atoms with E-state index >= 15 is 0 Å². The Balaban J connectivity index is 2.28. The highest BCUT2D eigenvalue weighted by molar-refractivity contribution is 9.10. The average molecular weight is 341 g/mol. The molecule has 0 saturated carbocycles. The molecule has 0 N–H and O–H groups in total. The lowest BCUT2D eigenvalue weighted by atomic mass is 10.4. The molecule has 1 amide bonds. The van der Waals surface area contributed by atoms with Gasteiger partial charge in [-0.25, -0.2) is 18.4 Å². The van der Waals surface area contributed by atoms with Crippen molar-refractivity contribution in [3.63, 3.8) is 0 Å². The van der Waals surface area contributed by atoms with E-state index in [9.17, 15) is 13.2 Å². The van der Waals surface area contributed by atoms with Crippen LogP contribution in [0, 0.1) is 0 Å². The van der Waals surface area contributed by atoms with E-state index in [0.717, 1.165) is 0 Å². The zero-order valence-electron chi connectivity index (χ0n) is 8.38. The first-order chi connectivity index (χ1) is 7.88. The molecule has 2 heterocycles. The summed E-state index contributed by atoms with van der Waals surface area (Å²) in [6.07, 6.45) is 1.17. The van der Waals surface area contributed by atoms with Crippen molar-refractivity contribution in [3.8, 4) is 0 Å². The highest BCUT2D eigenvalue weighted by Crippen LogP contribution is 2.26. The van der Waals surface area contributed by atoms with E-state index in [1.807, 2.05) is 0 Å². The number of carbonyl (C=O) groups excluding carboxylic acids is 1. The van der Waals surface area contributed by atoms with Crippen molar-refractivity contribution in [2.75, 3.05) is 11.4 Å². The molecule has 1 aliphatic heterocycles. The van der Waals surface area contributed by atoms with Crippen molar-refractivity contribution in [2.24, 2.45) is 0 Å². The molecule has 1 fully saturated rings. The molecular weight excluding hydrogens is 334 g/mol. The SMILES string of the molecule is O=C1CC(S(=O)(=O)Cl)CN1c1cc(Br)ncn1. The van der Waals surface area contributed by atoms with E-state index < -0.39 is 14.3 Å². The van der Waals surface area contributed by atoms with Gasteiger partial charge in [0.15, 0.2) is 0 Å². The fourth-order valence-corrected chi connectivity index (χ4v) is 2.88. The van der Waals surface area contributed by atoms with E-state index in [2.05, 4.69) is 25.9 Å². The van der Waals surface area contributed by atoms with Gasteiger partial charge in [-0.1, -0.05) is 0 Å². The first kappa shape index (κ1) is 12.7. The number of nitrogens with zero attached hydrogens (tertiary/aromatic N) is 3. The van der Waals surface area contributed by atoms with Crippen LogP contribution in [0.4, 0.5) is 5.82 Å². The van der Waals surface area contributed by atoms with Gasteiger partial charge in [0.2, 0.25) is 15.0 Å².